The molecule has 0 aliphatic carbocycles. The summed E-state index contributed by atoms with van der Waals surface area (Å²) < 4.78 is 5.49. The largest absolute Gasteiger partial charge is 0.466 e. The Kier molecular flexibility index (Phi) is 6.88. The fourth-order valence-electron chi connectivity index (χ4n) is 2.09. The van der Waals surface area contributed by atoms with Gasteiger partial charge in [-0.3, -0.25) is 9.78 Å². The molecule has 0 aliphatic rings. The zero-order valence-electron chi connectivity index (χ0n) is 14.0. The third-order valence-corrected chi connectivity index (χ3v) is 3.71. The van der Waals surface area contributed by atoms with Gasteiger partial charge in [0.15, 0.2) is 5.78 Å². The number of hydrogen-bond donors (Lipinski definition) is 1. The maximum atomic E-state index is 12.1. The van der Waals surface area contributed by atoms with E-state index in [9.17, 15) is 4.79 Å². The molecule has 0 fully saturated rings. The summed E-state index contributed by atoms with van der Waals surface area (Å²) in [7, 11) is 0. The van der Waals surface area contributed by atoms with Crippen LogP contribution in [0.5, 0.6) is 0 Å². The Morgan fingerprint density at radius 1 is 1.25 bits per heavy atom. The molecule has 1 aromatic carbocycles. The standard InChI is InChI=1S/C19H22N2O2S/c1-14(2)5-10-18(22)16-6-8-17(9-7-16)21-19(24)23-13-15-4-3-11-20-12-15/h3-4,6-9,11-12,14H,5,10,13H2,1-2H3,(H,21,24). The van der Waals surface area contributed by atoms with Crippen molar-refractivity contribution in [3.8, 4) is 0 Å². The Morgan fingerprint density at radius 2 is 2.00 bits per heavy atom. The summed E-state index contributed by atoms with van der Waals surface area (Å²) in [6.45, 7) is 4.60. The highest BCUT2D eigenvalue weighted by molar-refractivity contribution is 7.80. The molecular weight excluding hydrogens is 320 g/mol. The molecule has 24 heavy (non-hydrogen) atoms. The molecule has 1 aromatic heterocycles. The molecule has 1 heterocycles. The number of nitrogens with zero attached hydrogens (tertiary/aromatic N) is 1. The first-order chi connectivity index (χ1) is 11.5. The van der Waals surface area contributed by atoms with E-state index in [2.05, 4.69) is 24.1 Å². The lowest BCUT2D eigenvalue weighted by Gasteiger charge is -2.10. The van der Waals surface area contributed by atoms with Gasteiger partial charge in [-0.25, -0.2) is 0 Å². The topological polar surface area (TPSA) is 51.2 Å². The number of carbonyl (C=O) groups is 1. The molecule has 126 valence electrons. The summed E-state index contributed by atoms with van der Waals surface area (Å²) in [6, 6.07) is 11.1. The lowest BCUT2D eigenvalue weighted by atomic mass is 10.0. The second-order valence-electron chi connectivity index (χ2n) is 6.00. The van der Waals surface area contributed by atoms with Gasteiger partial charge in [0.1, 0.15) is 6.61 Å². The van der Waals surface area contributed by atoms with Crippen LogP contribution in [-0.2, 0) is 11.3 Å². The molecule has 2 aromatic rings. The first kappa shape index (κ1) is 18.1. The number of carbonyl (C=O) groups excluding carboxylic acids is 1. The van der Waals surface area contributed by atoms with Gasteiger partial charge in [-0.2, -0.15) is 0 Å². The molecule has 0 saturated carbocycles. The zero-order chi connectivity index (χ0) is 17.4. The van der Waals surface area contributed by atoms with Crippen LogP contribution in [-0.4, -0.2) is 15.9 Å². The van der Waals surface area contributed by atoms with Crippen molar-refractivity contribution >= 4 is 28.9 Å². The van der Waals surface area contributed by atoms with Crippen LogP contribution < -0.4 is 5.32 Å². The highest BCUT2D eigenvalue weighted by atomic mass is 32.1. The van der Waals surface area contributed by atoms with Crippen LogP contribution in [0, 0.1) is 5.92 Å². The molecule has 2 rings (SSSR count). The van der Waals surface area contributed by atoms with E-state index in [0.717, 1.165) is 23.2 Å². The van der Waals surface area contributed by atoms with E-state index in [1.807, 2.05) is 36.4 Å². The summed E-state index contributed by atoms with van der Waals surface area (Å²) in [4.78, 5) is 16.1. The van der Waals surface area contributed by atoms with Gasteiger partial charge in [0.2, 0.25) is 0 Å². The number of anilines is 1. The van der Waals surface area contributed by atoms with Crippen molar-refractivity contribution in [3.05, 3.63) is 59.9 Å². The van der Waals surface area contributed by atoms with Crippen molar-refractivity contribution in [2.75, 3.05) is 5.32 Å². The van der Waals surface area contributed by atoms with E-state index < -0.39 is 0 Å². The average molecular weight is 342 g/mol. The van der Waals surface area contributed by atoms with Gasteiger partial charge in [0, 0.05) is 35.6 Å². The van der Waals surface area contributed by atoms with Crippen LogP contribution >= 0.6 is 12.2 Å². The molecule has 0 atom stereocenters. The fraction of sp³-hybridized carbons (Fsp3) is 0.316. The van der Waals surface area contributed by atoms with E-state index >= 15 is 0 Å². The maximum absolute atomic E-state index is 12.1. The minimum Gasteiger partial charge on any atom is -0.466 e. The summed E-state index contributed by atoms with van der Waals surface area (Å²) >= 11 is 5.17. The zero-order valence-corrected chi connectivity index (χ0v) is 14.8. The van der Waals surface area contributed by atoms with E-state index in [0.29, 0.717) is 18.9 Å². The number of rotatable bonds is 7. The molecular formula is C19H22N2O2S. The third-order valence-electron chi connectivity index (χ3n) is 3.49. The van der Waals surface area contributed by atoms with E-state index in [1.54, 1.807) is 12.4 Å². The van der Waals surface area contributed by atoms with Gasteiger partial charge in [0.25, 0.3) is 5.17 Å². The SMILES string of the molecule is CC(C)CCC(=O)c1ccc(NC(=S)OCc2cccnc2)cc1. The number of ether oxygens (including phenoxy) is 1. The smallest absolute Gasteiger partial charge is 0.261 e. The van der Waals surface area contributed by atoms with Gasteiger partial charge in [0.05, 0.1) is 0 Å². The highest BCUT2D eigenvalue weighted by Crippen LogP contribution is 2.14. The van der Waals surface area contributed by atoms with Gasteiger partial charge in [-0.1, -0.05) is 19.9 Å². The van der Waals surface area contributed by atoms with Crippen molar-refractivity contribution in [2.24, 2.45) is 5.92 Å². The number of benzene rings is 1. The monoisotopic (exact) mass is 342 g/mol. The summed E-state index contributed by atoms with van der Waals surface area (Å²) in [6.07, 6.45) is 4.94. The number of aromatic nitrogens is 1. The molecule has 1 N–H and O–H groups in total. The molecule has 0 spiro atoms. The van der Waals surface area contributed by atoms with Crippen molar-refractivity contribution in [1.29, 1.82) is 0 Å². The highest BCUT2D eigenvalue weighted by Gasteiger charge is 2.07. The third kappa shape index (κ3) is 6.08. The number of thiocarbonyl (C=S) groups is 1. The lowest BCUT2D eigenvalue weighted by molar-refractivity contribution is 0.0975. The van der Waals surface area contributed by atoms with Gasteiger partial charge >= 0.3 is 0 Å². The lowest BCUT2D eigenvalue weighted by Crippen LogP contribution is -2.13. The Balaban J connectivity index is 1.82. The predicted molar refractivity (Wildman–Crippen MR) is 100 cm³/mol. The molecule has 4 nitrogen and oxygen atoms in total. The molecule has 0 amide bonds. The first-order valence-corrected chi connectivity index (χ1v) is 8.41. The van der Waals surface area contributed by atoms with Crippen LogP contribution in [0.2, 0.25) is 0 Å². The number of ketones is 1. The van der Waals surface area contributed by atoms with Crippen molar-refractivity contribution in [3.63, 3.8) is 0 Å². The first-order valence-electron chi connectivity index (χ1n) is 8.00. The number of Topliss-reactive ketones (excluding diaryl/α,β-unsaturated/α-hetero) is 1. The minimum absolute atomic E-state index is 0.172. The van der Waals surface area contributed by atoms with Crippen LogP contribution in [0.25, 0.3) is 0 Å². The van der Waals surface area contributed by atoms with E-state index in [1.165, 1.54) is 0 Å². The number of hydrogen-bond acceptors (Lipinski definition) is 4. The second-order valence-corrected chi connectivity index (χ2v) is 6.37. The molecule has 0 radical (unpaired) electrons. The van der Waals surface area contributed by atoms with Crippen molar-refractivity contribution in [2.45, 2.75) is 33.3 Å². The Morgan fingerprint density at radius 3 is 2.62 bits per heavy atom. The van der Waals surface area contributed by atoms with Crippen LogP contribution in [0.15, 0.2) is 48.8 Å². The van der Waals surface area contributed by atoms with Crippen LogP contribution in [0.4, 0.5) is 5.69 Å². The van der Waals surface area contributed by atoms with E-state index in [-0.39, 0.29) is 11.0 Å². The summed E-state index contributed by atoms with van der Waals surface area (Å²) in [5.41, 5.74) is 2.47. The predicted octanol–water partition coefficient (Wildman–Crippen LogP) is 4.61. The van der Waals surface area contributed by atoms with E-state index in [4.69, 9.17) is 17.0 Å². The maximum Gasteiger partial charge on any atom is 0.261 e. The molecule has 0 bridgehead atoms. The molecule has 0 aliphatic heterocycles. The number of nitrogens with one attached hydrogen (secondary N) is 1. The quantitative estimate of drug-likeness (QED) is 0.588. The molecule has 0 saturated heterocycles. The summed E-state index contributed by atoms with van der Waals surface area (Å²) in [5.74, 6) is 0.704. The van der Waals surface area contributed by atoms with Crippen LogP contribution in [0.1, 0.15) is 42.6 Å². The summed E-state index contributed by atoms with van der Waals surface area (Å²) in [5, 5.41) is 3.30. The minimum atomic E-state index is 0.172. The Hall–Kier alpha value is -2.27. The van der Waals surface area contributed by atoms with Gasteiger partial charge in [-0.05, 0) is 54.9 Å². The van der Waals surface area contributed by atoms with Crippen molar-refractivity contribution < 1.29 is 9.53 Å². The van der Waals surface area contributed by atoms with Crippen LogP contribution in [0.3, 0.4) is 0 Å². The van der Waals surface area contributed by atoms with Gasteiger partial charge in [-0.15, -0.1) is 0 Å². The average Bonchev–Trinajstić information content (AvgIpc) is 2.59. The molecule has 0 unspecified atom stereocenters. The number of pyridine rings is 1. The van der Waals surface area contributed by atoms with Crippen molar-refractivity contribution in [1.82, 2.24) is 4.98 Å². The molecule has 5 heteroatoms. The van der Waals surface area contributed by atoms with Gasteiger partial charge < -0.3 is 10.1 Å². The second kappa shape index (κ2) is 9.13. The normalized spacial score (nSPS) is 10.5. The fourth-order valence-corrected chi connectivity index (χ4v) is 2.27. The Bertz CT molecular complexity index is 670. The Labute approximate surface area is 148 Å².